The van der Waals surface area contributed by atoms with Crippen LogP contribution in [-0.2, 0) is 4.74 Å². The van der Waals surface area contributed by atoms with E-state index in [4.69, 9.17) is 4.74 Å². The van der Waals surface area contributed by atoms with Gasteiger partial charge in [0, 0.05) is 6.54 Å². The van der Waals surface area contributed by atoms with E-state index in [0.717, 1.165) is 31.8 Å². The summed E-state index contributed by atoms with van der Waals surface area (Å²) in [6.07, 6.45) is 6.48. The maximum atomic E-state index is 5.41. The van der Waals surface area contributed by atoms with E-state index in [1.54, 1.807) is 0 Å². The molecule has 1 aliphatic carbocycles. The van der Waals surface area contributed by atoms with Crippen molar-refractivity contribution >= 4 is 0 Å². The fourth-order valence-corrected chi connectivity index (χ4v) is 1.32. The third kappa shape index (κ3) is 2.03. The van der Waals surface area contributed by atoms with Crippen LogP contribution in [0.5, 0.6) is 0 Å². The van der Waals surface area contributed by atoms with Crippen molar-refractivity contribution < 1.29 is 4.74 Å². The van der Waals surface area contributed by atoms with E-state index in [1.165, 1.54) is 5.70 Å². The van der Waals surface area contributed by atoms with Crippen molar-refractivity contribution in [3.05, 3.63) is 23.6 Å². The Hall–Kier alpha value is -0.920. The predicted molar refractivity (Wildman–Crippen MR) is 50.7 cm³/mol. The second kappa shape index (κ2) is 4.86. The Morgan fingerprint density at radius 1 is 1.42 bits per heavy atom. The first-order valence-corrected chi connectivity index (χ1v) is 4.73. The molecular weight excluding hydrogens is 150 g/mol. The zero-order valence-electron chi connectivity index (χ0n) is 7.89. The highest BCUT2D eigenvalue weighted by Crippen LogP contribution is 2.19. The fraction of sp³-hybridized carbons (Fsp3) is 0.600. The summed E-state index contributed by atoms with van der Waals surface area (Å²) in [5.74, 6) is 1.05. The average molecular weight is 167 g/mol. The Labute approximate surface area is 74.3 Å². The van der Waals surface area contributed by atoms with Crippen LogP contribution in [0.1, 0.15) is 26.7 Å². The molecule has 0 amide bonds. The quantitative estimate of drug-likeness (QED) is 0.597. The molecule has 0 saturated heterocycles. The second-order valence-electron chi connectivity index (χ2n) is 2.56. The predicted octanol–water partition coefficient (Wildman–Crippen LogP) is 2.19. The van der Waals surface area contributed by atoms with Gasteiger partial charge in [0.05, 0.1) is 5.70 Å². The molecule has 0 saturated carbocycles. The van der Waals surface area contributed by atoms with Crippen molar-refractivity contribution in [1.82, 2.24) is 5.32 Å². The lowest BCUT2D eigenvalue weighted by molar-refractivity contribution is 0.200. The maximum absolute atomic E-state index is 5.41. The van der Waals surface area contributed by atoms with Crippen LogP contribution in [0.4, 0.5) is 0 Å². The first-order valence-electron chi connectivity index (χ1n) is 4.73. The average Bonchev–Trinajstić information content (AvgIpc) is 2.21. The maximum Gasteiger partial charge on any atom is 0.137 e. The zero-order valence-corrected chi connectivity index (χ0v) is 7.89. The lowest BCUT2D eigenvalue weighted by Crippen LogP contribution is -2.27. The summed E-state index contributed by atoms with van der Waals surface area (Å²) >= 11 is 0. The monoisotopic (exact) mass is 167 g/mol. The van der Waals surface area contributed by atoms with E-state index in [0.29, 0.717) is 0 Å². The minimum atomic E-state index is 0.809. The van der Waals surface area contributed by atoms with Crippen molar-refractivity contribution in [2.75, 3.05) is 13.2 Å². The van der Waals surface area contributed by atoms with Crippen LogP contribution in [0.25, 0.3) is 0 Å². The van der Waals surface area contributed by atoms with E-state index in [9.17, 15) is 0 Å². The second-order valence-corrected chi connectivity index (χ2v) is 2.56. The van der Waals surface area contributed by atoms with Crippen LogP contribution in [0.2, 0.25) is 0 Å². The highest BCUT2D eigenvalue weighted by Gasteiger charge is 2.12. The van der Waals surface area contributed by atoms with Crippen LogP contribution in [-0.4, -0.2) is 13.2 Å². The third-order valence-electron chi connectivity index (χ3n) is 1.83. The van der Waals surface area contributed by atoms with Gasteiger partial charge in [-0.3, -0.25) is 0 Å². The SMILES string of the molecule is C1=CC2=C(CC1)NCCO2.CC. The first kappa shape index (κ1) is 9.17. The van der Waals surface area contributed by atoms with Gasteiger partial charge in [0.25, 0.3) is 0 Å². The molecule has 0 aromatic carbocycles. The van der Waals surface area contributed by atoms with Gasteiger partial charge in [0.1, 0.15) is 12.4 Å². The molecule has 0 aromatic heterocycles. The summed E-state index contributed by atoms with van der Waals surface area (Å²) in [6, 6.07) is 0. The molecule has 0 unspecified atom stereocenters. The van der Waals surface area contributed by atoms with Gasteiger partial charge < -0.3 is 10.1 Å². The minimum absolute atomic E-state index is 0.809. The van der Waals surface area contributed by atoms with E-state index in [1.807, 2.05) is 13.8 Å². The summed E-state index contributed by atoms with van der Waals surface area (Å²) in [4.78, 5) is 0. The number of allylic oxidation sites excluding steroid dienone is 3. The van der Waals surface area contributed by atoms with Gasteiger partial charge in [0.15, 0.2) is 0 Å². The van der Waals surface area contributed by atoms with Crippen molar-refractivity contribution in [3.8, 4) is 0 Å². The molecule has 1 N–H and O–H groups in total. The summed E-state index contributed by atoms with van der Waals surface area (Å²) < 4.78 is 5.41. The summed E-state index contributed by atoms with van der Waals surface area (Å²) in [5, 5.41) is 3.32. The molecule has 2 nitrogen and oxygen atoms in total. The molecule has 2 rings (SSSR count). The molecule has 2 aliphatic rings. The Morgan fingerprint density at radius 2 is 2.25 bits per heavy atom. The normalized spacial score (nSPS) is 19.8. The van der Waals surface area contributed by atoms with Gasteiger partial charge >= 0.3 is 0 Å². The molecule has 0 aromatic rings. The number of hydrogen-bond acceptors (Lipinski definition) is 2. The highest BCUT2D eigenvalue weighted by molar-refractivity contribution is 5.24. The Morgan fingerprint density at radius 3 is 3.00 bits per heavy atom. The third-order valence-corrected chi connectivity index (χ3v) is 1.83. The van der Waals surface area contributed by atoms with Crippen molar-refractivity contribution in [2.45, 2.75) is 26.7 Å². The van der Waals surface area contributed by atoms with Crippen molar-refractivity contribution in [1.29, 1.82) is 0 Å². The molecule has 0 fully saturated rings. The number of nitrogens with one attached hydrogen (secondary N) is 1. The molecule has 68 valence electrons. The Kier molecular flexibility index (Phi) is 3.71. The van der Waals surface area contributed by atoms with Crippen LogP contribution in [0.15, 0.2) is 23.6 Å². The standard InChI is InChI=1S/C8H11NO.C2H6/c1-2-4-8-7(3-1)9-5-6-10-8;1-2/h2,4,9H,1,3,5-6H2;1-2H3. The Balaban J connectivity index is 0.000000336. The number of hydrogen-bond donors (Lipinski definition) is 1. The van der Waals surface area contributed by atoms with Crippen LogP contribution in [0.3, 0.4) is 0 Å². The summed E-state index contributed by atoms with van der Waals surface area (Å²) in [5.41, 5.74) is 1.29. The summed E-state index contributed by atoms with van der Waals surface area (Å²) in [6.45, 7) is 5.77. The van der Waals surface area contributed by atoms with Gasteiger partial charge in [-0.1, -0.05) is 19.9 Å². The zero-order chi connectivity index (χ0) is 8.81. The molecule has 1 heterocycles. The number of ether oxygens (including phenoxy) is 1. The van der Waals surface area contributed by atoms with E-state index in [-0.39, 0.29) is 0 Å². The van der Waals surface area contributed by atoms with Crippen LogP contribution < -0.4 is 5.32 Å². The first-order chi connectivity index (χ1) is 5.97. The van der Waals surface area contributed by atoms with E-state index < -0.39 is 0 Å². The van der Waals surface area contributed by atoms with E-state index in [2.05, 4.69) is 17.5 Å². The summed E-state index contributed by atoms with van der Waals surface area (Å²) in [7, 11) is 0. The molecule has 2 heteroatoms. The fourth-order valence-electron chi connectivity index (χ4n) is 1.32. The van der Waals surface area contributed by atoms with Crippen LogP contribution in [0, 0.1) is 0 Å². The van der Waals surface area contributed by atoms with Crippen molar-refractivity contribution in [2.24, 2.45) is 0 Å². The Bertz CT molecular complexity index is 194. The molecule has 0 atom stereocenters. The van der Waals surface area contributed by atoms with Gasteiger partial charge in [-0.2, -0.15) is 0 Å². The molecule has 1 aliphatic heterocycles. The van der Waals surface area contributed by atoms with Crippen molar-refractivity contribution in [3.63, 3.8) is 0 Å². The molecule has 0 spiro atoms. The van der Waals surface area contributed by atoms with Gasteiger partial charge in [-0.25, -0.2) is 0 Å². The topological polar surface area (TPSA) is 21.3 Å². The highest BCUT2D eigenvalue weighted by atomic mass is 16.5. The van der Waals surface area contributed by atoms with Crippen LogP contribution >= 0.6 is 0 Å². The largest absolute Gasteiger partial charge is 0.490 e. The molecule has 0 radical (unpaired) electrons. The smallest absolute Gasteiger partial charge is 0.137 e. The lowest BCUT2D eigenvalue weighted by Gasteiger charge is -2.23. The van der Waals surface area contributed by atoms with Gasteiger partial charge in [0.2, 0.25) is 0 Å². The minimum Gasteiger partial charge on any atom is -0.490 e. The molecule has 0 bridgehead atoms. The van der Waals surface area contributed by atoms with E-state index >= 15 is 0 Å². The number of rotatable bonds is 0. The lowest BCUT2D eigenvalue weighted by atomic mass is 10.1. The van der Waals surface area contributed by atoms with Gasteiger partial charge in [-0.05, 0) is 18.9 Å². The molecular formula is C10H17NO. The molecule has 12 heavy (non-hydrogen) atoms. The van der Waals surface area contributed by atoms with Gasteiger partial charge in [-0.15, -0.1) is 0 Å².